The molecule has 1 aromatic heterocycles. The summed E-state index contributed by atoms with van der Waals surface area (Å²) < 4.78 is 5.77. The molecule has 0 aliphatic carbocycles. The molecule has 4 nitrogen and oxygen atoms in total. The number of nitrogens with zero attached hydrogens (tertiary/aromatic N) is 2. The molecule has 2 rings (SSSR count). The van der Waals surface area contributed by atoms with Gasteiger partial charge >= 0.3 is 0 Å². The van der Waals surface area contributed by atoms with Gasteiger partial charge in [-0.2, -0.15) is 0 Å². The van der Waals surface area contributed by atoms with Gasteiger partial charge in [-0.1, -0.05) is 13.3 Å². The molecule has 1 aromatic rings. The van der Waals surface area contributed by atoms with Crippen LogP contribution in [0.15, 0.2) is 18.3 Å². The molecule has 1 aliphatic heterocycles. The minimum absolute atomic E-state index is 0.569. The van der Waals surface area contributed by atoms with Gasteiger partial charge < -0.3 is 15.0 Å². The molecule has 0 radical (unpaired) electrons. The number of hydrogen-bond donors (Lipinski definition) is 1. The predicted octanol–water partition coefficient (Wildman–Crippen LogP) is 2.45. The minimum Gasteiger partial charge on any atom is -0.490 e. The van der Waals surface area contributed by atoms with Gasteiger partial charge in [0.05, 0.1) is 6.61 Å². The Morgan fingerprint density at radius 3 is 3.11 bits per heavy atom. The summed E-state index contributed by atoms with van der Waals surface area (Å²) in [4.78, 5) is 6.67. The van der Waals surface area contributed by atoms with Crippen LogP contribution in [0.1, 0.15) is 32.6 Å². The van der Waals surface area contributed by atoms with E-state index in [-0.39, 0.29) is 0 Å². The second kappa shape index (κ2) is 7.34. The summed E-state index contributed by atoms with van der Waals surface area (Å²) in [5.41, 5.74) is 0. The maximum atomic E-state index is 5.77. The van der Waals surface area contributed by atoms with Gasteiger partial charge in [0, 0.05) is 25.8 Å². The molecule has 0 saturated carbocycles. The molecule has 1 fully saturated rings. The number of rotatable bonds is 6. The molecular formula is C15H25N3O. The summed E-state index contributed by atoms with van der Waals surface area (Å²) in [6.07, 6.45) is 6.73. The van der Waals surface area contributed by atoms with Crippen LogP contribution in [-0.4, -0.2) is 37.8 Å². The molecule has 0 spiro atoms. The van der Waals surface area contributed by atoms with E-state index >= 15 is 0 Å². The number of piperidine rings is 1. The Morgan fingerprint density at radius 1 is 1.47 bits per heavy atom. The zero-order valence-electron chi connectivity index (χ0n) is 12.1. The minimum atomic E-state index is 0.569. The highest BCUT2D eigenvalue weighted by Gasteiger charge is 2.17. The zero-order valence-corrected chi connectivity index (χ0v) is 12.1. The lowest BCUT2D eigenvalue weighted by molar-refractivity contribution is 0.316. The normalized spacial score (nSPS) is 19.2. The largest absolute Gasteiger partial charge is 0.490 e. The van der Waals surface area contributed by atoms with Crippen LogP contribution in [0.3, 0.4) is 0 Å². The van der Waals surface area contributed by atoms with E-state index in [0.29, 0.717) is 6.04 Å². The van der Waals surface area contributed by atoms with E-state index in [9.17, 15) is 0 Å². The Bertz CT molecular complexity index is 377. The van der Waals surface area contributed by atoms with Crippen LogP contribution in [0, 0.1) is 0 Å². The highest BCUT2D eigenvalue weighted by Crippen LogP contribution is 2.25. The van der Waals surface area contributed by atoms with E-state index in [2.05, 4.69) is 29.2 Å². The van der Waals surface area contributed by atoms with Gasteiger partial charge in [0.2, 0.25) is 0 Å². The lowest BCUT2D eigenvalue weighted by Gasteiger charge is -2.29. The lowest BCUT2D eigenvalue weighted by atomic mass is 10.0. The Labute approximate surface area is 116 Å². The van der Waals surface area contributed by atoms with Crippen molar-refractivity contribution in [3.05, 3.63) is 18.3 Å². The first-order valence-electron chi connectivity index (χ1n) is 7.33. The number of nitrogens with one attached hydrogen (secondary N) is 1. The smallest absolute Gasteiger partial charge is 0.171 e. The van der Waals surface area contributed by atoms with Crippen molar-refractivity contribution in [1.82, 2.24) is 10.3 Å². The van der Waals surface area contributed by atoms with Crippen LogP contribution in [0.25, 0.3) is 0 Å². The number of pyridine rings is 1. The van der Waals surface area contributed by atoms with Crippen LogP contribution >= 0.6 is 0 Å². The Hall–Kier alpha value is -1.29. The van der Waals surface area contributed by atoms with E-state index in [0.717, 1.165) is 37.7 Å². The Morgan fingerprint density at radius 2 is 2.37 bits per heavy atom. The molecule has 1 aliphatic rings. The maximum absolute atomic E-state index is 5.77. The first kappa shape index (κ1) is 14.1. The average Bonchev–Trinajstić information content (AvgIpc) is 2.46. The summed E-state index contributed by atoms with van der Waals surface area (Å²) >= 11 is 0. The van der Waals surface area contributed by atoms with Gasteiger partial charge in [0.25, 0.3) is 0 Å². The summed E-state index contributed by atoms with van der Waals surface area (Å²) in [7, 11) is 2.09. The third-order valence-electron chi connectivity index (χ3n) is 3.48. The highest BCUT2D eigenvalue weighted by atomic mass is 16.5. The first-order chi connectivity index (χ1) is 9.31. The zero-order chi connectivity index (χ0) is 13.5. The van der Waals surface area contributed by atoms with Crippen LogP contribution in [0.4, 0.5) is 5.82 Å². The number of ether oxygens (including phenoxy) is 1. The highest BCUT2D eigenvalue weighted by molar-refractivity contribution is 5.51. The molecule has 1 saturated heterocycles. The van der Waals surface area contributed by atoms with Crippen LogP contribution in [0.5, 0.6) is 5.75 Å². The molecule has 1 atom stereocenters. The van der Waals surface area contributed by atoms with Crippen LogP contribution < -0.4 is 15.0 Å². The molecular weight excluding hydrogens is 238 g/mol. The summed E-state index contributed by atoms with van der Waals surface area (Å²) in [5, 5.41) is 3.57. The molecule has 2 heterocycles. The molecule has 19 heavy (non-hydrogen) atoms. The Kier molecular flexibility index (Phi) is 5.45. The van der Waals surface area contributed by atoms with Crippen molar-refractivity contribution in [1.29, 1.82) is 0 Å². The van der Waals surface area contributed by atoms with E-state index in [4.69, 9.17) is 4.74 Å². The number of aromatic nitrogens is 1. The molecule has 106 valence electrons. The SMILES string of the molecule is CCCOc1cccnc1N(C)CC1CCCCN1. The fraction of sp³-hybridized carbons (Fsp3) is 0.667. The molecule has 1 unspecified atom stereocenters. The molecule has 1 N–H and O–H groups in total. The van der Waals surface area contributed by atoms with Crippen molar-refractivity contribution in [3.8, 4) is 5.75 Å². The maximum Gasteiger partial charge on any atom is 0.171 e. The van der Waals surface area contributed by atoms with Gasteiger partial charge in [-0.15, -0.1) is 0 Å². The first-order valence-corrected chi connectivity index (χ1v) is 7.33. The molecule has 4 heteroatoms. The van der Waals surface area contributed by atoms with E-state index < -0.39 is 0 Å². The topological polar surface area (TPSA) is 37.4 Å². The average molecular weight is 263 g/mol. The van der Waals surface area contributed by atoms with E-state index in [1.54, 1.807) is 0 Å². The van der Waals surface area contributed by atoms with Gasteiger partial charge in [-0.3, -0.25) is 0 Å². The van der Waals surface area contributed by atoms with Crippen LogP contribution in [-0.2, 0) is 0 Å². The number of anilines is 1. The van der Waals surface area contributed by atoms with Gasteiger partial charge in [0.15, 0.2) is 11.6 Å². The van der Waals surface area contributed by atoms with Gasteiger partial charge in [0.1, 0.15) is 0 Å². The van der Waals surface area contributed by atoms with Crippen molar-refractivity contribution in [2.75, 3.05) is 31.6 Å². The van der Waals surface area contributed by atoms with Gasteiger partial charge in [-0.25, -0.2) is 4.98 Å². The van der Waals surface area contributed by atoms with Crippen molar-refractivity contribution < 1.29 is 4.74 Å². The Balaban J connectivity index is 1.98. The fourth-order valence-corrected chi connectivity index (χ4v) is 2.49. The van der Waals surface area contributed by atoms with Crippen molar-refractivity contribution in [3.63, 3.8) is 0 Å². The number of likely N-dealkylation sites (N-methyl/N-ethyl adjacent to an activating group) is 1. The van der Waals surface area contributed by atoms with Crippen molar-refractivity contribution in [2.45, 2.75) is 38.6 Å². The second-order valence-electron chi connectivity index (χ2n) is 5.20. The van der Waals surface area contributed by atoms with Crippen LogP contribution in [0.2, 0.25) is 0 Å². The fourth-order valence-electron chi connectivity index (χ4n) is 2.49. The molecule has 0 amide bonds. The quantitative estimate of drug-likeness (QED) is 0.855. The molecule has 0 bridgehead atoms. The van der Waals surface area contributed by atoms with Gasteiger partial charge in [-0.05, 0) is 37.9 Å². The third kappa shape index (κ3) is 4.10. The summed E-state index contributed by atoms with van der Waals surface area (Å²) in [5.74, 6) is 1.84. The van der Waals surface area contributed by atoms with Crippen molar-refractivity contribution >= 4 is 5.82 Å². The monoisotopic (exact) mass is 263 g/mol. The standard InChI is InChI=1S/C15H25N3O/c1-3-11-19-14-8-6-10-17-15(14)18(2)12-13-7-4-5-9-16-13/h6,8,10,13,16H,3-5,7,9,11-12H2,1-2H3. The molecule has 0 aromatic carbocycles. The third-order valence-corrected chi connectivity index (χ3v) is 3.48. The summed E-state index contributed by atoms with van der Waals surface area (Å²) in [6, 6.07) is 4.50. The van der Waals surface area contributed by atoms with E-state index in [1.165, 1.54) is 19.3 Å². The predicted molar refractivity (Wildman–Crippen MR) is 78.9 cm³/mol. The van der Waals surface area contributed by atoms with Crippen molar-refractivity contribution in [2.24, 2.45) is 0 Å². The number of hydrogen-bond acceptors (Lipinski definition) is 4. The second-order valence-corrected chi connectivity index (χ2v) is 5.20. The lowest BCUT2D eigenvalue weighted by Crippen LogP contribution is -2.42. The summed E-state index contributed by atoms with van der Waals surface area (Å²) in [6.45, 7) is 4.99. The van der Waals surface area contributed by atoms with E-state index in [1.807, 2.05) is 18.3 Å².